The molecule has 0 spiro atoms. The van der Waals surface area contributed by atoms with Crippen molar-refractivity contribution in [2.24, 2.45) is 16.8 Å². The molecule has 0 aromatic heterocycles. The van der Waals surface area contributed by atoms with Crippen LogP contribution in [0, 0.1) is 5.92 Å². The lowest BCUT2D eigenvalue weighted by Gasteiger charge is -2.25. The fraction of sp³-hybridized carbons (Fsp3) is 0.267. The van der Waals surface area contributed by atoms with Crippen LogP contribution in [0.1, 0.15) is 26.3 Å². The Balaban J connectivity index is 2.51. The molecule has 0 atom stereocenters. The first-order valence-corrected chi connectivity index (χ1v) is 6.65. The minimum atomic E-state index is 0.365. The summed E-state index contributed by atoms with van der Waals surface area (Å²) in [5.41, 5.74) is 2.98. The summed E-state index contributed by atoms with van der Waals surface area (Å²) in [5.74, 6) is 7.06. The highest BCUT2D eigenvalue weighted by Gasteiger charge is 2.19. The molecule has 1 aliphatic rings. The molecule has 0 aliphatic carbocycles. The molecule has 0 unspecified atom stereocenters. The summed E-state index contributed by atoms with van der Waals surface area (Å²) in [7, 11) is 0. The number of rotatable bonds is 2. The average Bonchev–Trinajstić information content (AvgIpc) is 2.41. The Morgan fingerprint density at radius 2 is 1.89 bits per heavy atom. The standard InChI is InChI=1S/C15H18ClN3/c1-10(2)11(3)15-18-13(9-14(16)19(15)17)12-7-5-4-6-8-12/h4-10H,17H2,1-3H3/b15-11+. The van der Waals surface area contributed by atoms with Crippen LogP contribution in [-0.2, 0) is 0 Å². The number of nitrogens with two attached hydrogens (primary N) is 1. The van der Waals surface area contributed by atoms with E-state index in [9.17, 15) is 0 Å². The van der Waals surface area contributed by atoms with Gasteiger partial charge in [-0.1, -0.05) is 55.8 Å². The van der Waals surface area contributed by atoms with E-state index < -0.39 is 0 Å². The largest absolute Gasteiger partial charge is 0.251 e. The van der Waals surface area contributed by atoms with E-state index in [0.717, 1.165) is 22.7 Å². The van der Waals surface area contributed by atoms with Gasteiger partial charge in [-0.2, -0.15) is 0 Å². The number of hydrogen-bond acceptors (Lipinski definition) is 3. The van der Waals surface area contributed by atoms with Gasteiger partial charge in [0.25, 0.3) is 0 Å². The monoisotopic (exact) mass is 275 g/mol. The van der Waals surface area contributed by atoms with Crippen molar-refractivity contribution in [2.75, 3.05) is 0 Å². The minimum Gasteiger partial charge on any atom is -0.251 e. The second kappa shape index (κ2) is 5.59. The zero-order valence-electron chi connectivity index (χ0n) is 11.4. The molecular formula is C15H18ClN3. The zero-order valence-corrected chi connectivity index (χ0v) is 12.1. The maximum Gasteiger partial charge on any atom is 0.147 e. The molecule has 2 rings (SSSR count). The van der Waals surface area contributed by atoms with E-state index in [4.69, 9.17) is 17.4 Å². The smallest absolute Gasteiger partial charge is 0.147 e. The molecule has 0 radical (unpaired) electrons. The average molecular weight is 276 g/mol. The summed E-state index contributed by atoms with van der Waals surface area (Å²) in [6.45, 7) is 6.25. The highest BCUT2D eigenvalue weighted by molar-refractivity contribution is 6.32. The first-order chi connectivity index (χ1) is 9.00. The molecular weight excluding hydrogens is 258 g/mol. The molecule has 19 heavy (non-hydrogen) atoms. The number of benzene rings is 1. The second-order valence-electron chi connectivity index (χ2n) is 4.86. The summed E-state index contributed by atoms with van der Waals surface area (Å²) < 4.78 is 0. The van der Waals surface area contributed by atoms with Crippen LogP contribution in [0.15, 0.2) is 58.0 Å². The molecule has 100 valence electrons. The van der Waals surface area contributed by atoms with Gasteiger partial charge in [0, 0.05) is 11.6 Å². The normalized spacial score (nSPS) is 18.3. The van der Waals surface area contributed by atoms with Crippen LogP contribution in [-0.4, -0.2) is 10.7 Å². The molecule has 1 aromatic carbocycles. The molecule has 3 nitrogen and oxygen atoms in total. The third-order valence-corrected chi connectivity index (χ3v) is 3.52. The fourth-order valence-corrected chi connectivity index (χ4v) is 1.96. The van der Waals surface area contributed by atoms with Gasteiger partial charge in [-0.25, -0.2) is 10.8 Å². The predicted octanol–water partition coefficient (Wildman–Crippen LogP) is 3.63. The lowest BCUT2D eigenvalue weighted by molar-refractivity contribution is 0.454. The van der Waals surface area contributed by atoms with Crippen molar-refractivity contribution >= 4 is 17.3 Å². The second-order valence-corrected chi connectivity index (χ2v) is 5.25. The Hall–Kier alpha value is -1.58. The van der Waals surface area contributed by atoms with E-state index in [-0.39, 0.29) is 0 Å². The molecule has 1 aromatic rings. The Bertz CT molecular complexity index is 556. The van der Waals surface area contributed by atoms with E-state index in [1.165, 1.54) is 5.01 Å². The molecule has 4 heteroatoms. The Morgan fingerprint density at radius 1 is 1.26 bits per heavy atom. The van der Waals surface area contributed by atoms with Crippen LogP contribution in [0.2, 0.25) is 0 Å². The summed E-state index contributed by atoms with van der Waals surface area (Å²) in [4.78, 5) is 4.64. The maximum absolute atomic E-state index is 6.20. The third-order valence-electron chi connectivity index (χ3n) is 3.23. The van der Waals surface area contributed by atoms with Gasteiger partial charge in [-0.3, -0.25) is 5.01 Å². The van der Waals surface area contributed by atoms with Crippen molar-refractivity contribution < 1.29 is 0 Å². The lowest BCUT2D eigenvalue weighted by atomic mass is 10.0. The van der Waals surface area contributed by atoms with Crippen molar-refractivity contribution in [2.45, 2.75) is 20.8 Å². The number of halogens is 1. The lowest BCUT2D eigenvalue weighted by Crippen LogP contribution is -2.31. The van der Waals surface area contributed by atoms with Gasteiger partial charge in [0.15, 0.2) is 0 Å². The maximum atomic E-state index is 6.20. The zero-order chi connectivity index (χ0) is 14.0. The minimum absolute atomic E-state index is 0.365. The van der Waals surface area contributed by atoms with Gasteiger partial charge in [0.05, 0.1) is 5.71 Å². The summed E-state index contributed by atoms with van der Waals surface area (Å²) >= 11 is 6.20. The molecule has 0 saturated heterocycles. The van der Waals surface area contributed by atoms with E-state index >= 15 is 0 Å². The first-order valence-electron chi connectivity index (χ1n) is 6.27. The number of nitrogens with zero attached hydrogens (tertiary/aromatic N) is 2. The van der Waals surface area contributed by atoms with E-state index in [1.54, 1.807) is 6.08 Å². The van der Waals surface area contributed by atoms with Crippen molar-refractivity contribution in [3.8, 4) is 0 Å². The molecule has 0 bridgehead atoms. The van der Waals surface area contributed by atoms with Gasteiger partial charge in [-0.15, -0.1) is 0 Å². The third kappa shape index (κ3) is 2.88. The highest BCUT2D eigenvalue weighted by atomic mass is 35.5. The molecule has 0 saturated carbocycles. The van der Waals surface area contributed by atoms with Crippen LogP contribution in [0.5, 0.6) is 0 Å². The van der Waals surface area contributed by atoms with Gasteiger partial charge < -0.3 is 0 Å². The van der Waals surface area contributed by atoms with Crippen molar-refractivity contribution in [1.82, 2.24) is 5.01 Å². The fourth-order valence-electron chi connectivity index (χ4n) is 1.78. The van der Waals surface area contributed by atoms with E-state index in [0.29, 0.717) is 11.1 Å². The van der Waals surface area contributed by atoms with E-state index in [1.807, 2.05) is 37.3 Å². The molecule has 2 N–H and O–H groups in total. The number of hydrogen-bond donors (Lipinski definition) is 1. The number of allylic oxidation sites excluding steroid dienone is 2. The van der Waals surface area contributed by atoms with Gasteiger partial charge in [-0.05, 0) is 18.4 Å². The van der Waals surface area contributed by atoms with Crippen LogP contribution >= 0.6 is 11.6 Å². The quantitative estimate of drug-likeness (QED) is 0.661. The summed E-state index contributed by atoms with van der Waals surface area (Å²) in [6, 6.07) is 9.95. The number of hydrazine groups is 1. The predicted molar refractivity (Wildman–Crippen MR) is 80.5 cm³/mol. The topological polar surface area (TPSA) is 41.6 Å². The van der Waals surface area contributed by atoms with Crippen LogP contribution in [0.3, 0.4) is 0 Å². The summed E-state index contributed by atoms with van der Waals surface area (Å²) in [6.07, 6.45) is 1.79. The van der Waals surface area contributed by atoms with Crippen LogP contribution < -0.4 is 5.84 Å². The molecule has 0 amide bonds. The van der Waals surface area contributed by atoms with Gasteiger partial charge in [0.1, 0.15) is 11.0 Å². The van der Waals surface area contributed by atoms with Gasteiger partial charge in [0.2, 0.25) is 0 Å². The van der Waals surface area contributed by atoms with Gasteiger partial charge >= 0.3 is 0 Å². The molecule has 0 fully saturated rings. The van der Waals surface area contributed by atoms with Crippen molar-refractivity contribution in [1.29, 1.82) is 0 Å². The van der Waals surface area contributed by atoms with Crippen molar-refractivity contribution in [3.05, 3.63) is 58.5 Å². The molecule has 1 heterocycles. The van der Waals surface area contributed by atoms with Crippen LogP contribution in [0.4, 0.5) is 0 Å². The Labute approximate surface area is 119 Å². The van der Waals surface area contributed by atoms with E-state index in [2.05, 4.69) is 18.8 Å². The SMILES string of the molecule is C/C(=C1/N=C(c2ccccc2)C=C(Cl)N1N)C(C)C. The Kier molecular flexibility index (Phi) is 4.08. The highest BCUT2D eigenvalue weighted by Crippen LogP contribution is 2.26. The number of aliphatic imine (C=N–C) groups is 1. The first kappa shape index (κ1) is 13.8. The summed E-state index contributed by atoms with van der Waals surface area (Å²) in [5, 5.41) is 1.91. The van der Waals surface area contributed by atoms with Crippen LogP contribution in [0.25, 0.3) is 0 Å². The Morgan fingerprint density at radius 3 is 2.47 bits per heavy atom. The van der Waals surface area contributed by atoms with Crippen molar-refractivity contribution in [3.63, 3.8) is 0 Å². The molecule has 1 aliphatic heterocycles.